The molecule has 1 fully saturated rings. The molecule has 1 aromatic carbocycles. The lowest BCUT2D eigenvalue weighted by atomic mass is 10.2. The van der Waals surface area contributed by atoms with Crippen molar-refractivity contribution in [2.75, 3.05) is 13.2 Å². The molecule has 0 atom stereocenters. The van der Waals surface area contributed by atoms with Crippen LogP contribution in [0.2, 0.25) is 0 Å². The third-order valence-electron chi connectivity index (χ3n) is 2.68. The molecule has 20 heavy (non-hydrogen) atoms. The van der Waals surface area contributed by atoms with Crippen molar-refractivity contribution in [3.05, 3.63) is 29.8 Å². The van der Waals surface area contributed by atoms with Gasteiger partial charge in [0.2, 0.25) is 0 Å². The lowest BCUT2D eigenvalue weighted by Gasteiger charge is -2.16. The number of carbonyl (C=O) groups excluding carboxylic acids is 3. The fourth-order valence-electron chi connectivity index (χ4n) is 1.72. The number of rotatable bonds is 5. The van der Waals surface area contributed by atoms with Gasteiger partial charge in [0.1, 0.15) is 0 Å². The summed E-state index contributed by atoms with van der Waals surface area (Å²) in [7, 11) is 0. The van der Waals surface area contributed by atoms with Crippen molar-refractivity contribution in [2.45, 2.75) is 12.8 Å². The SMILES string of the molecule is NC(=O)COC(=O)c1ccc(ON2CCCC2=O)cc1. The minimum absolute atomic E-state index is 0.0602. The maximum absolute atomic E-state index is 11.5. The van der Waals surface area contributed by atoms with Crippen LogP contribution in [0, 0.1) is 0 Å². The Labute approximate surface area is 115 Å². The minimum Gasteiger partial charge on any atom is -0.452 e. The highest BCUT2D eigenvalue weighted by Gasteiger charge is 2.22. The molecule has 0 spiro atoms. The second-order valence-electron chi connectivity index (χ2n) is 4.26. The average molecular weight is 278 g/mol. The van der Waals surface area contributed by atoms with E-state index in [9.17, 15) is 14.4 Å². The van der Waals surface area contributed by atoms with Gasteiger partial charge in [-0.2, -0.15) is 5.06 Å². The minimum atomic E-state index is -0.717. The molecule has 2 amide bonds. The second kappa shape index (κ2) is 6.05. The summed E-state index contributed by atoms with van der Waals surface area (Å²) < 4.78 is 4.66. The van der Waals surface area contributed by atoms with Gasteiger partial charge in [0.25, 0.3) is 11.8 Å². The molecule has 0 aromatic heterocycles. The predicted octanol–water partition coefficient (Wildman–Crippen LogP) is 0.245. The number of primary amides is 1. The van der Waals surface area contributed by atoms with Gasteiger partial charge in [0.15, 0.2) is 12.4 Å². The average Bonchev–Trinajstić information content (AvgIpc) is 2.82. The van der Waals surface area contributed by atoms with Crippen molar-refractivity contribution in [2.24, 2.45) is 5.73 Å². The Hall–Kier alpha value is -2.57. The summed E-state index contributed by atoms with van der Waals surface area (Å²) in [5.41, 5.74) is 5.14. The van der Waals surface area contributed by atoms with Crippen LogP contribution in [0.5, 0.6) is 5.75 Å². The molecule has 0 bridgehead atoms. The number of nitrogens with zero attached hydrogens (tertiary/aromatic N) is 1. The van der Waals surface area contributed by atoms with E-state index >= 15 is 0 Å². The van der Waals surface area contributed by atoms with Crippen molar-refractivity contribution in [3.63, 3.8) is 0 Å². The molecular weight excluding hydrogens is 264 g/mol. The molecule has 1 aromatic rings. The molecular formula is C13H14N2O5. The highest BCUT2D eigenvalue weighted by atomic mass is 16.7. The van der Waals surface area contributed by atoms with Crippen molar-refractivity contribution in [1.29, 1.82) is 0 Å². The van der Waals surface area contributed by atoms with Gasteiger partial charge in [0, 0.05) is 6.42 Å². The van der Waals surface area contributed by atoms with Crippen LogP contribution in [0.1, 0.15) is 23.2 Å². The number of carbonyl (C=O) groups is 3. The van der Waals surface area contributed by atoms with E-state index in [0.29, 0.717) is 18.7 Å². The number of hydroxylamine groups is 2. The molecule has 0 saturated carbocycles. The second-order valence-corrected chi connectivity index (χ2v) is 4.26. The molecule has 1 aliphatic rings. The van der Waals surface area contributed by atoms with Gasteiger partial charge in [-0.3, -0.25) is 9.59 Å². The largest absolute Gasteiger partial charge is 0.452 e. The van der Waals surface area contributed by atoms with Crippen LogP contribution in [0.15, 0.2) is 24.3 Å². The normalized spacial score (nSPS) is 14.2. The number of hydrogen-bond acceptors (Lipinski definition) is 5. The smallest absolute Gasteiger partial charge is 0.338 e. The number of hydrogen-bond donors (Lipinski definition) is 1. The van der Waals surface area contributed by atoms with Crippen molar-refractivity contribution < 1.29 is 24.0 Å². The first-order valence-electron chi connectivity index (χ1n) is 6.10. The van der Waals surface area contributed by atoms with Gasteiger partial charge in [-0.15, -0.1) is 0 Å². The third-order valence-corrected chi connectivity index (χ3v) is 2.68. The summed E-state index contributed by atoms with van der Waals surface area (Å²) in [6.07, 6.45) is 1.26. The third kappa shape index (κ3) is 3.47. The number of esters is 1. The molecule has 106 valence electrons. The maximum Gasteiger partial charge on any atom is 0.338 e. The molecule has 1 aliphatic heterocycles. The Balaban J connectivity index is 1.93. The summed E-state index contributed by atoms with van der Waals surface area (Å²) >= 11 is 0. The molecule has 0 aliphatic carbocycles. The monoisotopic (exact) mass is 278 g/mol. The van der Waals surface area contributed by atoms with E-state index in [2.05, 4.69) is 4.74 Å². The van der Waals surface area contributed by atoms with Gasteiger partial charge < -0.3 is 15.3 Å². The Kier molecular flexibility index (Phi) is 4.19. The standard InChI is InChI=1S/C13H14N2O5/c14-11(16)8-19-13(18)9-3-5-10(6-4-9)20-15-7-1-2-12(15)17/h3-6H,1-2,7-8H2,(H2,14,16). The first-order chi connectivity index (χ1) is 9.56. The first-order valence-corrected chi connectivity index (χ1v) is 6.10. The number of nitrogens with two attached hydrogens (primary N) is 1. The van der Waals surface area contributed by atoms with Crippen molar-refractivity contribution in [1.82, 2.24) is 5.06 Å². The van der Waals surface area contributed by atoms with Crippen molar-refractivity contribution >= 4 is 17.8 Å². The van der Waals surface area contributed by atoms with Crippen LogP contribution >= 0.6 is 0 Å². The predicted molar refractivity (Wildman–Crippen MR) is 67.5 cm³/mol. The van der Waals surface area contributed by atoms with Crippen LogP contribution in [0.3, 0.4) is 0 Å². The molecule has 2 N–H and O–H groups in total. The Morgan fingerprint density at radius 2 is 1.95 bits per heavy atom. The van der Waals surface area contributed by atoms with Crippen LogP contribution in [0.25, 0.3) is 0 Å². The van der Waals surface area contributed by atoms with Gasteiger partial charge >= 0.3 is 5.97 Å². The van der Waals surface area contributed by atoms with Gasteiger partial charge in [-0.05, 0) is 30.7 Å². The molecule has 2 rings (SSSR count). The number of ether oxygens (including phenoxy) is 1. The summed E-state index contributed by atoms with van der Waals surface area (Å²) in [6.45, 7) is 0.0978. The van der Waals surface area contributed by atoms with Gasteiger partial charge in [-0.1, -0.05) is 0 Å². The highest BCUT2D eigenvalue weighted by Crippen LogP contribution is 2.17. The van der Waals surface area contributed by atoms with E-state index in [-0.39, 0.29) is 11.5 Å². The van der Waals surface area contributed by atoms with E-state index in [1.165, 1.54) is 17.2 Å². The summed E-state index contributed by atoms with van der Waals surface area (Å²) in [5.74, 6) is -0.972. The Morgan fingerprint density at radius 3 is 2.50 bits per heavy atom. The molecule has 0 radical (unpaired) electrons. The topological polar surface area (TPSA) is 98.9 Å². The van der Waals surface area contributed by atoms with Gasteiger partial charge in [0.05, 0.1) is 12.1 Å². The summed E-state index contributed by atoms with van der Waals surface area (Å²) in [5, 5.41) is 1.29. The molecule has 1 heterocycles. The van der Waals surface area contributed by atoms with E-state index in [4.69, 9.17) is 10.6 Å². The fourth-order valence-corrected chi connectivity index (χ4v) is 1.72. The van der Waals surface area contributed by atoms with Crippen molar-refractivity contribution in [3.8, 4) is 5.75 Å². The zero-order chi connectivity index (χ0) is 14.5. The summed E-state index contributed by atoms with van der Waals surface area (Å²) in [4.78, 5) is 38.8. The van der Waals surface area contributed by atoms with Crippen LogP contribution in [-0.2, 0) is 14.3 Å². The molecule has 7 nitrogen and oxygen atoms in total. The van der Waals surface area contributed by atoms with E-state index in [0.717, 1.165) is 6.42 Å². The van der Waals surface area contributed by atoms with Crippen LogP contribution < -0.4 is 10.6 Å². The quantitative estimate of drug-likeness (QED) is 0.778. The zero-order valence-corrected chi connectivity index (χ0v) is 10.7. The lowest BCUT2D eigenvalue weighted by Crippen LogP contribution is -2.28. The van der Waals surface area contributed by atoms with E-state index in [1.54, 1.807) is 12.1 Å². The molecule has 0 unspecified atom stereocenters. The number of amides is 2. The molecule has 7 heteroatoms. The lowest BCUT2D eigenvalue weighted by molar-refractivity contribution is -0.150. The highest BCUT2D eigenvalue weighted by molar-refractivity contribution is 5.91. The van der Waals surface area contributed by atoms with E-state index in [1.807, 2.05) is 0 Å². The fraction of sp³-hybridized carbons (Fsp3) is 0.308. The Bertz CT molecular complexity index is 526. The molecule has 1 saturated heterocycles. The number of benzene rings is 1. The maximum atomic E-state index is 11.5. The summed E-state index contributed by atoms with van der Waals surface area (Å²) in [6, 6.07) is 6.07. The Morgan fingerprint density at radius 1 is 1.25 bits per heavy atom. The zero-order valence-electron chi connectivity index (χ0n) is 10.7. The van der Waals surface area contributed by atoms with Crippen LogP contribution in [-0.4, -0.2) is 36.0 Å². The van der Waals surface area contributed by atoms with E-state index < -0.39 is 18.5 Å². The van der Waals surface area contributed by atoms with Gasteiger partial charge in [-0.25, -0.2) is 4.79 Å². The first kappa shape index (κ1) is 13.9. The van der Waals surface area contributed by atoms with Crippen LogP contribution in [0.4, 0.5) is 0 Å².